The second-order valence-corrected chi connectivity index (χ2v) is 5.54. The van der Waals surface area contributed by atoms with Crippen LogP contribution in [-0.4, -0.2) is 57.9 Å². The van der Waals surface area contributed by atoms with Gasteiger partial charge in [-0.15, -0.1) is 0 Å². The fraction of sp³-hybridized carbons (Fsp3) is 0.615. The molecule has 21 heavy (non-hydrogen) atoms. The van der Waals surface area contributed by atoms with E-state index in [9.17, 15) is 4.79 Å². The lowest BCUT2D eigenvalue weighted by Gasteiger charge is -2.29. The van der Waals surface area contributed by atoms with Crippen LogP contribution in [-0.2, 0) is 16.6 Å². The maximum Gasteiger partial charge on any atom is 0.244 e. The summed E-state index contributed by atoms with van der Waals surface area (Å²) in [7, 11) is 1.79. The number of ether oxygens (including phenoxy) is 1. The summed E-state index contributed by atoms with van der Waals surface area (Å²) in [5.41, 5.74) is 7.19. The number of nitrogens with two attached hydrogens (primary N) is 1. The number of aromatic nitrogens is 2. The van der Waals surface area contributed by atoms with Crippen LogP contribution in [0.3, 0.4) is 0 Å². The van der Waals surface area contributed by atoms with Crippen molar-refractivity contribution in [3.63, 3.8) is 0 Å². The lowest BCUT2D eigenvalue weighted by atomic mass is 10.2. The molecule has 1 aliphatic heterocycles. The first-order valence-electron chi connectivity index (χ1n) is 6.88. The number of carbonyl (C=O) groups excluding carboxylic acids is 1. The van der Waals surface area contributed by atoms with Crippen LogP contribution < -0.4 is 11.1 Å². The van der Waals surface area contributed by atoms with Crippen molar-refractivity contribution in [1.82, 2.24) is 14.7 Å². The molecule has 8 heteroatoms. The Hall–Kier alpha value is -1.67. The molecule has 2 heterocycles. The summed E-state index contributed by atoms with van der Waals surface area (Å²) >= 11 is 5.07. The summed E-state index contributed by atoms with van der Waals surface area (Å²) in [5.74, 6) is 0.708. The Morgan fingerprint density at radius 2 is 2.10 bits per heavy atom. The average Bonchev–Trinajstić information content (AvgIpc) is 2.73. The predicted molar refractivity (Wildman–Crippen MR) is 84.3 cm³/mol. The fourth-order valence-corrected chi connectivity index (χ4v) is 2.69. The number of nitrogens with zero attached hydrogens (tertiary/aromatic N) is 3. The first kappa shape index (κ1) is 15.7. The van der Waals surface area contributed by atoms with Gasteiger partial charge in [0.25, 0.3) is 0 Å². The second-order valence-electron chi connectivity index (χ2n) is 5.10. The Labute approximate surface area is 129 Å². The number of amides is 1. The van der Waals surface area contributed by atoms with E-state index < -0.39 is 0 Å². The Morgan fingerprint density at radius 3 is 2.67 bits per heavy atom. The van der Waals surface area contributed by atoms with Crippen LogP contribution in [0.1, 0.15) is 18.2 Å². The summed E-state index contributed by atoms with van der Waals surface area (Å²) in [6.45, 7) is 6.08. The summed E-state index contributed by atoms with van der Waals surface area (Å²) in [6, 6.07) is -0.383. The number of hydrogen-bond acceptors (Lipinski definition) is 5. The number of hydrogen-bond donors (Lipinski definition) is 2. The lowest BCUT2D eigenvalue weighted by molar-refractivity contribution is -0.135. The van der Waals surface area contributed by atoms with Crippen LogP contribution in [0.15, 0.2) is 0 Å². The van der Waals surface area contributed by atoms with Crippen LogP contribution in [0.25, 0.3) is 0 Å². The van der Waals surface area contributed by atoms with Crippen LogP contribution in [0.2, 0.25) is 0 Å². The lowest BCUT2D eigenvalue weighted by Crippen LogP contribution is -2.47. The number of thiocarbonyl (C=S) groups is 1. The topological polar surface area (TPSA) is 85.4 Å². The highest BCUT2D eigenvalue weighted by atomic mass is 32.1. The van der Waals surface area contributed by atoms with E-state index in [0.29, 0.717) is 37.7 Å². The summed E-state index contributed by atoms with van der Waals surface area (Å²) in [6.07, 6.45) is 0. The largest absolute Gasteiger partial charge is 0.389 e. The number of rotatable bonds is 4. The minimum atomic E-state index is -0.383. The second kappa shape index (κ2) is 6.40. The minimum Gasteiger partial charge on any atom is -0.389 e. The molecular weight excluding hydrogens is 290 g/mol. The van der Waals surface area contributed by atoms with E-state index in [1.54, 1.807) is 16.6 Å². The van der Waals surface area contributed by atoms with Crippen LogP contribution in [0.4, 0.5) is 5.82 Å². The molecule has 1 atom stereocenters. The van der Waals surface area contributed by atoms with Crippen LogP contribution in [0.5, 0.6) is 0 Å². The standard InChI is InChI=1S/C13H21N5O2S/c1-8-10(11(14)21)12(17(3)16-8)15-9(2)13(19)18-4-6-20-7-5-18/h9,15H,4-7H2,1-3H3,(H2,14,21). The van der Waals surface area contributed by atoms with Crippen molar-refractivity contribution in [2.24, 2.45) is 12.8 Å². The molecule has 0 aromatic carbocycles. The molecule has 3 N–H and O–H groups in total. The van der Waals surface area contributed by atoms with Crippen molar-refractivity contribution in [3.05, 3.63) is 11.3 Å². The zero-order valence-electron chi connectivity index (χ0n) is 12.5. The fourth-order valence-electron chi connectivity index (χ4n) is 2.44. The molecule has 0 radical (unpaired) electrons. The average molecular weight is 311 g/mol. The Bertz CT molecular complexity index is 551. The third kappa shape index (κ3) is 3.33. The zero-order valence-corrected chi connectivity index (χ0v) is 13.4. The van der Waals surface area contributed by atoms with Crippen molar-refractivity contribution >= 4 is 28.9 Å². The summed E-state index contributed by atoms with van der Waals surface area (Å²) in [5, 5.41) is 7.48. The van der Waals surface area contributed by atoms with Gasteiger partial charge in [0.2, 0.25) is 5.91 Å². The van der Waals surface area contributed by atoms with Gasteiger partial charge in [-0.3, -0.25) is 9.48 Å². The van der Waals surface area contributed by atoms with Crippen molar-refractivity contribution in [1.29, 1.82) is 0 Å². The monoisotopic (exact) mass is 311 g/mol. The van der Waals surface area contributed by atoms with Gasteiger partial charge in [0, 0.05) is 20.1 Å². The number of morpholine rings is 1. The Morgan fingerprint density at radius 1 is 1.48 bits per heavy atom. The first-order chi connectivity index (χ1) is 9.91. The molecule has 1 aliphatic rings. The Kier molecular flexibility index (Phi) is 4.79. The number of nitrogens with one attached hydrogen (secondary N) is 1. The van der Waals surface area contributed by atoms with E-state index in [0.717, 1.165) is 5.69 Å². The molecule has 0 aliphatic carbocycles. The normalized spacial score (nSPS) is 16.6. The van der Waals surface area contributed by atoms with Crippen LogP contribution in [0, 0.1) is 6.92 Å². The van der Waals surface area contributed by atoms with E-state index in [1.165, 1.54) is 0 Å². The van der Waals surface area contributed by atoms with E-state index in [1.807, 2.05) is 13.8 Å². The molecule has 7 nitrogen and oxygen atoms in total. The molecule has 1 saturated heterocycles. The van der Waals surface area contributed by atoms with Crippen molar-refractivity contribution in [2.75, 3.05) is 31.6 Å². The third-order valence-electron chi connectivity index (χ3n) is 3.52. The molecule has 1 amide bonds. The van der Waals surface area contributed by atoms with E-state index in [2.05, 4.69) is 10.4 Å². The smallest absolute Gasteiger partial charge is 0.244 e. The highest BCUT2D eigenvalue weighted by Crippen LogP contribution is 2.20. The molecule has 0 spiro atoms. The van der Waals surface area contributed by atoms with Gasteiger partial charge in [-0.25, -0.2) is 0 Å². The predicted octanol–water partition coefficient (Wildman–Crippen LogP) is 0.0219. The van der Waals surface area contributed by atoms with E-state index in [-0.39, 0.29) is 16.9 Å². The molecule has 0 bridgehead atoms. The Balaban J connectivity index is 2.14. The van der Waals surface area contributed by atoms with Crippen molar-refractivity contribution in [2.45, 2.75) is 19.9 Å². The van der Waals surface area contributed by atoms with Gasteiger partial charge in [0.1, 0.15) is 16.8 Å². The van der Waals surface area contributed by atoms with Crippen molar-refractivity contribution < 1.29 is 9.53 Å². The van der Waals surface area contributed by atoms with E-state index in [4.69, 9.17) is 22.7 Å². The minimum absolute atomic E-state index is 0.0334. The molecule has 1 fully saturated rings. The zero-order chi connectivity index (χ0) is 15.6. The van der Waals surface area contributed by atoms with Gasteiger partial charge >= 0.3 is 0 Å². The van der Waals surface area contributed by atoms with E-state index >= 15 is 0 Å². The quantitative estimate of drug-likeness (QED) is 0.763. The first-order valence-corrected chi connectivity index (χ1v) is 7.29. The molecule has 2 rings (SSSR count). The molecule has 0 saturated carbocycles. The molecule has 1 aromatic rings. The molecule has 1 aromatic heterocycles. The molecular formula is C13H21N5O2S. The summed E-state index contributed by atoms with van der Waals surface area (Å²) in [4.78, 5) is 14.5. The molecule has 1 unspecified atom stereocenters. The number of aryl methyl sites for hydroxylation is 2. The van der Waals surface area contributed by atoms with Crippen molar-refractivity contribution in [3.8, 4) is 0 Å². The maximum absolute atomic E-state index is 12.4. The number of anilines is 1. The maximum atomic E-state index is 12.4. The van der Waals surface area contributed by atoms with Gasteiger partial charge in [0.05, 0.1) is 24.5 Å². The molecule has 116 valence electrons. The third-order valence-corrected chi connectivity index (χ3v) is 3.72. The van der Waals surface area contributed by atoms with Gasteiger partial charge in [-0.05, 0) is 13.8 Å². The summed E-state index contributed by atoms with van der Waals surface area (Å²) < 4.78 is 6.92. The van der Waals surface area contributed by atoms with Gasteiger partial charge in [-0.2, -0.15) is 5.10 Å². The highest BCUT2D eigenvalue weighted by Gasteiger charge is 2.25. The highest BCUT2D eigenvalue weighted by molar-refractivity contribution is 7.80. The van der Waals surface area contributed by atoms with Gasteiger partial charge in [-0.1, -0.05) is 12.2 Å². The van der Waals surface area contributed by atoms with Crippen LogP contribution >= 0.6 is 12.2 Å². The van der Waals surface area contributed by atoms with Gasteiger partial charge < -0.3 is 20.7 Å². The SMILES string of the molecule is Cc1nn(C)c(NC(C)C(=O)N2CCOCC2)c1C(N)=S. The number of carbonyl (C=O) groups is 1. The van der Waals surface area contributed by atoms with Gasteiger partial charge in [0.15, 0.2) is 0 Å².